The summed E-state index contributed by atoms with van der Waals surface area (Å²) in [5.74, 6) is 0.816. The predicted octanol–water partition coefficient (Wildman–Crippen LogP) is 3.46. The zero-order valence-corrected chi connectivity index (χ0v) is 13.1. The van der Waals surface area contributed by atoms with E-state index in [1.807, 2.05) is 39.0 Å². The van der Waals surface area contributed by atoms with Crippen LogP contribution in [0.1, 0.15) is 46.1 Å². The van der Waals surface area contributed by atoms with Gasteiger partial charge in [0.1, 0.15) is 5.60 Å². The van der Waals surface area contributed by atoms with E-state index in [0.29, 0.717) is 18.4 Å². The Morgan fingerprint density at radius 2 is 1.80 bits per heavy atom. The quantitative estimate of drug-likeness (QED) is 0.811. The van der Waals surface area contributed by atoms with E-state index in [-0.39, 0.29) is 0 Å². The molecule has 0 bridgehead atoms. The first-order chi connectivity index (χ1) is 9.29. The van der Waals surface area contributed by atoms with E-state index < -0.39 is 11.7 Å². The SMILES string of the molecule is CC(C)C(CNNC(=O)OC(C)(C)C)c1ccccc1. The van der Waals surface area contributed by atoms with Crippen molar-refractivity contribution in [2.45, 2.75) is 46.1 Å². The molecule has 0 saturated heterocycles. The minimum atomic E-state index is -0.483. The molecule has 1 aromatic carbocycles. The van der Waals surface area contributed by atoms with Crippen LogP contribution in [0, 0.1) is 5.92 Å². The third kappa shape index (κ3) is 6.06. The summed E-state index contributed by atoms with van der Waals surface area (Å²) in [7, 11) is 0. The van der Waals surface area contributed by atoms with Crippen LogP contribution in [0.15, 0.2) is 30.3 Å². The fraction of sp³-hybridized carbons (Fsp3) is 0.562. The van der Waals surface area contributed by atoms with Crippen LogP contribution < -0.4 is 10.9 Å². The van der Waals surface area contributed by atoms with Crippen LogP contribution in [0.25, 0.3) is 0 Å². The van der Waals surface area contributed by atoms with Gasteiger partial charge in [-0.3, -0.25) is 5.43 Å². The van der Waals surface area contributed by atoms with Gasteiger partial charge in [-0.25, -0.2) is 10.2 Å². The van der Waals surface area contributed by atoms with E-state index in [2.05, 4.69) is 36.8 Å². The van der Waals surface area contributed by atoms with Crippen molar-refractivity contribution in [3.05, 3.63) is 35.9 Å². The standard InChI is InChI=1S/C16H26N2O2/c1-12(2)14(13-9-7-6-8-10-13)11-17-18-15(19)20-16(3,4)5/h6-10,12,14,17H,11H2,1-5H3,(H,18,19). The summed E-state index contributed by atoms with van der Waals surface area (Å²) in [6, 6.07) is 10.3. The average Bonchev–Trinajstić information content (AvgIpc) is 2.33. The Hall–Kier alpha value is -1.55. The Morgan fingerprint density at radius 3 is 2.30 bits per heavy atom. The minimum Gasteiger partial charge on any atom is -0.443 e. The van der Waals surface area contributed by atoms with E-state index in [4.69, 9.17) is 4.74 Å². The van der Waals surface area contributed by atoms with Crippen LogP contribution in [0.5, 0.6) is 0 Å². The molecule has 4 nitrogen and oxygen atoms in total. The molecule has 1 atom stereocenters. The highest BCUT2D eigenvalue weighted by molar-refractivity contribution is 5.66. The Balaban J connectivity index is 2.47. The van der Waals surface area contributed by atoms with Crippen LogP contribution in [0.3, 0.4) is 0 Å². The molecule has 1 unspecified atom stereocenters. The molecule has 20 heavy (non-hydrogen) atoms. The second-order valence-corrected chi connectivity index (χ2v) is 6.27. The van der Waals surface area contributed by atoms with Crippen molar-refractivity contribution in [2.75, 3.05) is 6.54 Å². The number of hydrogen-bond acceptors (Lipinski definition) is 3. The van der Waals surface area contributed by atoms with E-state index in [1.54, 1.807) is 0 Å². The Morgan fingerprint density at radius 1 is 1.20 bits per heavy atom. The first-order valence-electron chi connectivity index (χ1n) is 7.06. The molecule has 1 amide bonds. The molecule has 0 saturated carbocycles. The third-order valence-electron chi connectivity index (χ3n) is 2.94. The molecule has 0 aromatic heterocycles. The van der Waals surface area contributed by atoms with Gasteiger partial charge < -0.3 is 4.74 Å². The maximum Gasteiger partial charge on any atom is 0.422 e. The van der Waals surface area contributed by atoms with Crippen LogP contribution in [-0.4, -0.2) is 18.2 Å². The number of carbonyl (C=O) groups is 1. The number of hydrazine groups is 1. The van der Waals surface area contributed by atoms with Gasteiger partial charge in [-0.2, -0.15) is 0 Å². The Labute approximate surface area is 121 Å². The number of hydrogen-bond donors (Lipinski definition) is 2. The molecule has 112 valence electrons. The van der Waals surface area contributed by atoms with E-state index in [1.165, 1.54) is 5.56 Å². The summed E-state index contributed by atoms with van der Waals surface area (Å²) in [6.45, 7) is 10.5. The van der Waals surface area contributed by atoms with Gasteiger partial charge >= 0.3 is 6.09 Å². The lowest BCUT2D eigenvalue weighted by Gasteiger charge is -2.23. The second kappa shape index (κ2) is 7.29. The fourth-order valence-corrected chi connectivity index (χ4v) is 1.98. The highest BCUT2D eigenvalue weighted by Gasteiger charge is 2.18. The van der Waals surface area contributed by atoms with Crippen molar-refractivity contribution in [3.8, 4) is 0 Å². The lowest BCUT2D eigenvalue weighted by molar-refractivity contribution is 0.0496. The first kappa shape index (κ1) is 16.5. The molecule has 0 aliphatic rings. The van der Waals surface area contributed by atoms with Crippen molar-refractivity contribution in [3.63, 3.8) is 0 Å². The molecule has 1 aromatic rings. The van der Waals surface area contributed by atoms with Gasteiger partial charge in [0.05, 0.1) is 0 Å². The number of carbonyl (C=O) groups excluding carboxylic acids is 1. The molecule has 0 fully saturated rings. The van der Waals surface area contributed by atoms with Crippen molar-refractivity contribution in [2.24, 2.45) is 5.92 Å². The average molecular weight is 278 g/mol. The van der Waals surface area contributed by atoms with Crippen molar-refractivity contribution < 1.29 is 9.53 Å². The van der Waals surface area contributed by atoms with Crippen molar-refractivity contribution in [1.82, 2.24) is 10.9 Å². The summed E-state index contributed by atoms with van der Waals surface area (Å²) in [5.41, 5.74) is 6.33. The van der Waals surface area contributed by atoms with Crippen molar-refractivity contribution in [1.29, 1.82) is 0 Å². The summed E-state index contributed by atoms with van der Waals surface area (Å²) < 4.78 is 5.17. The lowest BCUT2D eigenvalue weighted by Crippen LogP contribution is -2.43. The van der Waals surface area contributed by atoms with Crippen LogP contribution in [0.2, 0.25) is 0 Å². The molecule has 0 aliphatic heterocycles. The molecular formula is C16H26N2O2. The topological polar surface area (TPSA) is 50.4 Å². The molecule has 0 aliphatic carbocycles. The van der Waals surface area contributed by atoms with E-state index in [9.17, 15) is 4.79 Å². The summed E-state index contributed by atoms with van der Waals surface area (Å²) in [6.07, 6.45) is -0.451. The predicted molar refractivity (Wildman–Crippen MR) is 81.4 cm³/mol. The van der Waals surface area contributed by atoms with Gasteiger partial charge in [-0.1, -0.05) is 44.2 Å². The van der Waals surface area contributed by atoms with Gasteiger partial charge in [0, 0.05) is 12.5 Å². The number of rotatable bonds is 5. The zero-order chi connectivity index (χ0) is 15.2. The number of amides is 1. The molecule has 0 spiro atoms. The molecule has 4 heteroatoms. The monoisotopic (exact) mass is 278 g/mol. The highest BCUT2D eigenvalue weighted by Crippen LogP contribution is 2.23. The molecule has 2 N–H and O–H groups in total. The van der Waals surface area contributed by atoms with Crippen LogP contribution in [0.4, 0.5) is 4.79 Å². The maximum atomic E-state index is 11.6. The Bertz CT molecular complexity index is 410. The molecule has 0 heterocycles. The summed E-state index contributed by atoms with van der Waals surface area (Å²) in [4.78, 5) is 11.6. The smallest absolute Gasteiger partial charge is 0.422 e. The largest absolute Gasteiger partial charge is 0.443 e. The minimum absolute atomic E-state index is 0.339. The molecular weight excluding hydrogens is 252 g/mol. The summed E-state index contributed by atoms with van der Waals surface area (Å²) >= 11 is 0. The van der Waals surface area contributed by atoms with E-state index in [0.717, 1.165) is 0 Å². The third-order valence-corrected chi connectivity index (χ3v) is 2.94. The number of nitrogens with one attached hydrogen (secondary N) is 2. The lowest BCUT2D eigenvalue weighted by atomic mass is 9.89. The maximum absolute atomic E-state index is 11.6. The van der Waals surface area contributed by atoms with Gasteiger partial charge in [0.15, 0.2) is 0 Å². The highest BCUT2D eigenvalue weighted by atomic mass is 16.6. The molecule has 1 rings (SSSR count). The zero-order valence-electron chi connectivity index (χ0n) is 13.1. The van der Waals surface area contributed by atoms with Crippen LogP contribution >= 0.6 is 0 Å². The Kier molecular flexibility index (Phi) is 6.02. The van der Waals surface area contributed by atoms with Gasteiger partial charge in [0.2, 0.25) is 0 Å². The number of benzene rings is 1. The van der Waals surface area contributed by atoms with Gasteiger partial charge in [-0.05, 0) is 32.3 Å². The normalized spacial score (nSPS) is 13.1. The second-order valence-electron chi connectivity index (χ2n) is 6.27. The summed E-state index contributed by atoms with van der Waals surface area (Å²) in [5, 5.41) is 0. The van der Waals surface area contributed by atoms with Crippen molar-refractivity contribution >= 4 is 6.09 Å². The van der Waals surface area contributed by atoms with Crippen LogP contribution in [-0.2, 0) is 4.74 Å². The van der Waals surface area contributed by atoms with E-state index >= 15 is 0 Å². The fourth-order valence-electron chi connectivity index (χ4n) is 1.98. The first-order valence-corrected chi connectivity index (χ1v) is 7.06. The molecule has 0 radical (unpaired) electrons. The van der Waals surface area contributed by atoms with Gasteiger partial charge in [-0.15, -0.1) is 0 Å². The number of ether oxygens (including phenoxy) is 1. The van der Waals surface area contributed by atoms with Gasteiger partial charge in [0.25, 0.3) is 0 Å².